The summed E-state index contributed by atoms with van der Waals surface area (Å²) in [5.74, 6) is -2.39. The molecule has 3 heterocycles. The number of hydrogen-bond donors (Lipinski definition) is 2. The summed E-state index contributed by atoms with van der Waals surface area (Å²) in [4.78, 5) is 30.6. The number of nitrogens with one attached hydrogen (secondary N) is 1. The molecule has 1 unspecified atom stereocenters. The van der Waals surface area contributed by atoms with Crippen molar-refractivity contribution in [3.63, 3.8) is 0 Å². The van der Waals surface area contributed by atoms with E-state index in [1.54, 1.807) is 6.07 Å². The highest BCUT2D eigenvalue weighted by Crippen LogP contribution is 2.51. The normalized spacial score (nSPS) is 17.6. The summed E-state index contributed by atoms with van der Waals surface area (Å²) in [6.45, 7) is 5.96. The van der Waals surface area contributed by atoms with Gasteiger partial charge in [-0.15, -0.1) is 0 Å². The average molecular weight is 515 g/mol. The minimum Gasteiger partial charge on any atom is -0.366 e. The molecule has 1 aliphatic carbocycles. The minimum absolute atomic E-state index is 0.231. The van der Waals surface area contributed by atoms with Gasteiger partial charge in [0, 0.05) is 22.7 Å². The standard InChI is InChI=1S/C30H28F2N4O2/c1-15(2)12-22-25(28(33)37)24(26-27(35-22)16(3)34-29(26)38)18-4-7-23-17(13-18)8-11-36(23)30(9-10-30)19-5-6-20(31)21(32)14-19/h4-8,11,13-16H,9-10,12H2,1-3H3,(H2,33,37)(H,34,38). The van der Waals surface area contributed by atoms with E-state index in [0.717, 1.165) is 29.3 Å². The summed E-state index contributed by atoms with van der Waals surface area (Å²) in [6, 6.07) is 11.5. The number of aromatic nitrogens is 2. The molecule has 1 saturated carbocycles. The highest BCUT2D eigenvalue weighted by Gasteiger charge is 2.47. The second-order valence-electron chi connectivity index (χ2n) is 10.8. The maximum atomic E-state index is 14.1. The molecular weight excluding hydrogens is 486 g/mol. The highest BCUT2D eigenvalue weighted by atomic mass is 19.2. The Morgan fingerprint density at radius 2 is 1.89 bits per heavy atom. The van der Waals surface area contributed by atoms with Gasteiger partial charge in [-0.3, -0.25) is 14.6 Å². The Bertz CT molecular complexity index is 1650. The summed E-state index contributed by atoms with van der Waals surface area (Å²) in [6.07, 6.45) is 4.12. The Morgan fingerprint density at radius 3 is 2.55 bits per heavy atom. The minimum atomic E-state index is -0.864. The first-order valence-corrected chi connectivity index (χ1v) is 12.9. The first-order chi connectivity index (χ1) is 18.1. The third kappa shape index (κ3) is 3.61. The number of fused-ring (bicyclic) bond motifs is 2. The molecule has 2 amide bonds. The molecule has 194 valence electrons. The fourth-order valence-electron chi connectivity index (χ4n) is 5.87. The van der Waals surface area contributed by atoms with Crippen LogP contribution < -0.4 is 11.1 Å². The lowest BCUT2D eigenvalue weighted by atomic mass is 9.89. The maximum Gasteiger partial charge on any atom is 0.254 e. The molecule has 0 spiro atoms. The van der Waals surface area contributed by atoms with Gasteiger partial charge in [0.05, 0.1) is 34.1 Å². The van der Waals surface area contributed by atoms with E-state index in [1.165, 1.54) is 12.1 Å². The Hall–Kier alpha value is -4.07. The first kappa shape index (κ1) is 24.3. The lowest BCUT2D eigenvalue weighted by molar-refractivity contribution is 0.0959. The number of nitrogens with two attached hydrogens (primary N) is 1. The predicted octanol–water partition coefficient (Wildman–Crippen LogP) is 5.62. The van der Waals surface area contributed by atoms with Crippen molar-refractivity contribution >= 4 is 22.7 Å². The predicted molar refractivity (Wildman–Crippen MR) is 141 cm³/mol. The van der Waals surface area contributed by atoms with Crippen LogP contribution in [0.1, 0.15) is 77.3 Å². The fourth-order valence-corrected chi connectivity index (χ4v) is 5.87. The number of hydrogen-bond acceptors (Lipinski definition) is 3. The number of carbonyl (C=O) groups excluding carboxylic acids is 2. The molecule has 3 N–H and O–H groups in total. The van der Waals surface area contributed by atoms with Crippen LogP contribution in [0, 0.1) is 17.6 Å². The Labute approximate surface area is 218 Å². The Morgan fingerprint density at radius 1 is 1.13 bits per heavy atom. The summed E-state index contributed by atoms with van der Waals surface area (Å²) in [5, 5.41) is 3.82. The Kier molecular flexibility index (Phi) is 5.42. The molecule has 0 saturated heterocycles. The van der Waals surface area contributed by atoms with Crippen molar-refractivity contribution in [1.29, 1.82) is 0 Å². The molecule has 0 radical (unpaired) electrons. The van der Waals surface area contributed by atoms with E-state index in [-0.39, 0.29) is 23.4 Å². The molecule has 2 aromatic carbocycles. The summed E-state index contributed by atoms with van der Waals surface area (Å²) in [7, 11) is 0. The molecule has 38 heavy (non-hydrogen) atoms. The van der Waals surface area contributed by atoms with E-state index in [4.69, 9.17) is 10.7 Å². The van der Waals surface area contributed by atoms with E-state index < -0.39 is 23.1 Å². The van der Waals surface area contributed by atoms with Crippen molar-refractivity contribution in [3.8, 4) is 11.1 Å². The van der Waals surface area contributed by atoms with Crippen LogP contribution in [0.25, 0.3) is 22.0 Å². The number of halogens is 2. The molecule has 1 aliphatic heterocycles. The molecule has 6 rings (SSSR count). The molecule has 8 heteroatoms. The summed E-state index contributed by atoms with van der Waals surface area (Å²) in [5.41, 5.74) is 10.2. The SMILES string of the molecule is CC(C)Cc1nc2c(c(-c3ccc4c(ccn4C4(c5ccc(F)c(F)c5)CC4)c3)c1C(N)=O)C(=O)NC2C. The van der Waals surface area contributed by atoms with Gasteiger partial charge in [0.15, 0.2) is 11.6 Å². The van der Waals surface area contributed by atoms with Gasteiger partial charge in [0.2, 0.25) is 0 Å². The zero-order valence-electron chi connectivity index (χ0n) is 21.4. The second-order valence-corrected chi connectivity index (χ2v) is 10.8. The summed E-state index contributed by atoms with van der Waals surface area (Å²) < 4.78 is 29.8. The van der Waals surface area contributed by atoms with Crippen LogP contribution in [-0.2, 0) is 12.0 Å². The van der Waals surface area contributed by atoms with E-state index in [9.17, 15) is 18.4 Å². The monoisotopic (exact) mass is 514 g/mol. The molecular formula is C30H28F2N4O2. The number of rotatable bonds is 6. The lowest BCUT2D eigenvalue weighted by Gasteiger charge is -2.21. The van der Waals surface area contributed by atoms with Crippen LogP contribution in [0.5, 0.6) is 0 Å². The van der Waals surface area contributed by atoms with Gasteiger partial charge in [-0.25, -0.2) is 8.78 Å². The van der Waals surface area contributed by atoms with Crippen molar-refractivity contribution in [1.82, 2.24) is 14.9 Å². The van der Waals surface area contributed by atoms with Crippen LogP contribution in [-0.4, -0.2) is 21.4 Å². The van der Waals surface area contributed by atoms with E-state index in [0.29, 0.717) is 34.5 Å². The van der Waals surface area contributed by atoms with Gasteiger partial charge in [0.25, 0.3) is 11.8 Å². The second kappa shape index (κ2) is 8.48. The number of benzene rings is 2. The zero-order chi connectivity index (χ0) is 26.9. The average Bonchev–Trinajstić information content (AvgIpc) is 3.47. The third-order valence-electron chi connectivity index (χ3n) is 7.75. The van der Waals surface area contributed by atoms with Crippen molar-refractivity contribution < 1.29 is 18.4 Å². The van der Waals surface area contributed by atoms with Gasteiger partial charge in [-0.2, -0.15) is 0 Å². The lowest BCUT2D eigenvalue weighted by Crippen LogP contribution is -2.20. The highest BCUT2D eigenvalue weighted by molar-refractivity contribution is 6.12. The number of carbonyl (C=O) groups is 2. The largest absolute Gasteiger partial charge is 0.366 e. The van der Waals surface area contributed by atoms with Gasteiger partial charge >= 0.3 is 0 Å². The van der Waals surface area contributed by atoms with Crippen LogP contribution in [0.3, 0.4) is 0 Å². The van der Waals surface area contributed by atoms with Crippen molar-refractivity contribution in [2.45, 2.75) is 51.6 Å². The quantitative estimate of drug-likeness (QED) is 0.350. The molecule has 0 bridgehead atoms. The third-order valence-corrected chi connectivity index (χ3v) is 7.75. The molecule has 2 aromatic heterocycles. The molecule has 4 aromatic rings. The number of nitrogens with zero attached hydrogens (tertiary/aromatic N) is 2. The molecule has 1 atom stereocenters. The van der Waals surface area contributed by atoms with Crippen molar-refractivity contribution in [2.24, 2.45) is 11.7 Å². The van der Waals surface area contributed by atoms with Gasteiger partial charge in [0.1, 0.15) is 0 Å². The smallest absolute Gasteiger partial charge is 0.254 e. The van der Waals surface area contributed by atoms with Crippen LogP contribution >= 0.6 is 0 Å². The van der Waals surface area contributed by atoms with E-state index in [1.807, 2.05) is 51.2 Å². The van der Waals surface area contributed by atoms with Gasteiger partial charge in [-0.05, 0) is 73.6 Å². The number of pyridine rings is 1. The van der Waals surface area contributed by atoms with Crippen molar-refractivity contribution in [3.05, 3.63) is 88.4 Å². The van der Waals surface area contributed by atoms with Crippen LogP contribution in [0.15, 0.2) is 48.7 Å². The van der Waals surface area contributed by atoms with Crippen LogP contribution in [0.2, 0.25) is 0 Å². The van der Waals surface area contributed by atoms with Crippen LogP contribution in [0.4, 0.5) is 8.78 Å². The van der Waals surface area contributed by atoms with Gasteiger partial charge in [-0.1, -0.05) is 26.0 Å². The molecule has 2 aliphatic rings. The molecule has 1 fully saturated rings. The number of primary amides is 1. The number of amides is 2. The molecule has 6 nitrogen and oxygen atoms in total. The zero-order valence-corrected chi connectivity index (χ0v) is 21.4. The first-order valence-electron chi connectivity index (χ1n) is 12.9. The Balaban J connectivity index is 1.53. The summed E-state index contributed by atoms with van der Waals surface area (Å²) >= 11 is 0. The topological polar surface area (TPSA) is 90.0 Å². The maximum absolute atomic E-state index is 14.1. The fraction of sp³-hybridized carbons (Fsp3) is 0.300. The van der Waals surface area contributed by atoms with E-state index in [2.05, 4.69) is 9.88 Å². The van der Waals surface area contributed by atoms with Crippen molar-refractivity contribution in [2.75, 3.05) is 0 Å². The van der Waals surface area contributed by atoms with E-state index >= 15 is 0 Å². The van der Waals surface area contributed by atoms with Gasteiger partial charge < -0.3 is 15.6 Å².